The normalized spacial score (nSPS) is 18.6. The highest BCUT2D eigenvalue weighted by atomic mass is 16.2. The number of imide groups is 1. The number of likely N-dealkylation sites (N-methyl/N-ethyl adjacent to an activating group) is 2. The molecule has 2 aromatic rings. The maximum atomic E-state index is 13.0. The fourth-order valence-corrected chi connectivity index (χ4v) is 4.52. The summed E-state index contributed by atoms with van der Waals surface area (Å²) in [6.45, 7) is 5.56. The van der Waals surface area contributed by atoms with Gasteiger partial charge in [0.1, 0.15) is 5.54 Å². The molecule has 158 valence electrons. The number of aromatic nitrogens is 2. The highest BCUT2D eigenvalue weighted by Gasteiger charge is 2.55. The molecule has 30 heavy (non-hydrogen) atoms. The molecule has 0 unspecified atom stereocenters. The molecule has 2 aliphatic heterocycles. The molecular formula is C22H27N5O3. The van der Waals surface area contributed by atoms with Gasteiger partial charge >= 0.3 is 6.03 Å². The first-order valence-corrected chi connectivity index (χ1v) is 10.2. The summed E-state index contributed by atoms with van der Waals surface area (Å²) in [4.78, 5) is 42.2. The zero-order valence-corrected chi connectivity index (χ0v) is 17.9. The van der Waals surface area contributed by atoms with Crippen LogP contribution in [0.3, 0.4) is 0 Å². The van der Waals surface area contributed by atoms with E-state index in [2.05, 4.69) is 5.10 Å². The van der Waals surface area contributed by atoms with E-state index < -0.39 is 5.54 Å². The SMILES string of the molecule is Cc1cc(C)n(Cc2ccc(C(=O)N3CCC4(CC3)C(=O)N(C)C(=O)N4C)cc2)n1. The van der Waals surface area contributed by atoms with Crippen molar-refractivity contribution >= 4 is 17.8 Å². The molecule has 1 spiro atoms. The third kappa shape index (κ3) is 3.16. The van der Waals surface area contributed by atoms with E-state index >= 15 is 0 Å². The van der Waals surface area contributed by atoms with Crippen LogP contribution in [0.15, 0.2) is 30.3 Å². The van der Waals surface area contributed by atoms with Gasteiger partial charge in [-0.25, -0.2) is 4.79 Å². The Hall–Kier alpha value is -3.16. The van der Waals surface area contributed by atoms with Crippen molar-refractivity contribution in [1.29, 1.82) is 0 Å². The number of hydrogen-bond donors (Lipinski definition) is 0. The average Bonchev–Trinajstić information content (AvgIpc) is 3.14. The van der Waals surface area contributed by atoms with Crippen molar-refractivity contribution in [3.63, 3.8) is 0 Å². The summed E-state index contributed by atoms with van der Waals surface area (Å²) < 4.78 is 1.95. The number of amides is 4. The van der Waals surface area contributed by atoms with Crippen molar-refractivity contribution in [3.8, 4) is 0 Å². The minimum absolute atomic E-state index is 0.0460. The number of nitrogens with zero attached hydrogens (tertiary/aromatic N) is 5. The fourth-order valence-electron chi connectivity index (χ4n) is 4.52. The van der Waals surface area contributed by atoms with Gasteiger partial charge in [-0.05, 0) is 50.5 Å². The molecule has 4 rings (SSSR count). The second-order valence-electron chi connectivity index (χ2n) is 8.31. The minimum Gasteiger partial charge on any atom is -0.338 e. The van der Waals surface area contributed by atoms with Crippen LogP contribution in [0.5, 0.6) is 0 Å². The van der Waals surface area contributed by atoms with E-state index in [0.29, 0.717) is 38.0 Å². The van der Waals surface area contributed by atoms with E-state index in [0.717, 1.165) is 17.0 Å². The Morgan fingerprint density at radius 1 is 1.07 bits per heavy atom. The number of rotatable bonds is 3. The van der Waals surface area contributed by atoms with Gasteiger partial charge in [-0.1, -0.05) is 12.1 Å². The van der Waals surface area contributed by atoms with E-state index in [4.69, 9.17) is 0 Å². The van der Waals surface area contributed by atoms with Crippen LogP contribution in [0, 0.1) is 13.8 Å². The standard InChI is InChI=1S/C22H27N5O3/c1-15-13-16(2)27(23-15)14-17-5-7-18(8-6-17)19(28)26-11-9-22(10-12-26)20(29)24(3)21(30)25(22)4/h5-8,13H,9-12,14H2,1-4H3. The summed E-state index contributed by atoms with van der Waals surface area (Å²) in [5.41, 5.74) is 2.98. The molecule has 2 fully saturated rings. The van der Waals surface area contributed by atoms with Crippen molar-refractivity contribution in [1.82, 2.24) is 24.5 Å². The highest BCUT2D eigenvalue weighted by Crippen LogP contribution is 2.35. The summed E-state index contributed by atoms with van der Waals surface area (Å²) >= 11 is 0. The molecule has 8 nitrogen and oxygen atoms in total. The van der Waals surface area contributed by atoms with E-state index in [9.17, 15) is 14.4 Å². The van der Waals surface area contributed by atoms with Gasteiger partial charge in [0.15, 0.2) is 0 Å². The Labute approximate surface area is 176 Å². The van der Waals surface area contributed by atoms with Crippen molar-refractivity contribution < 1.29 is 14.4 Å². The first kappa shape index (κ1) is 20.1. The second-order valence-corrected chi connectivity index (χ2v) is 8.31. The number of carbonyl (C=O) groups excluding carboxylic acids is 3. The molecule has 0 bridgehead atoms. The lowest BCUT2D eigenvalue weighted by Gasteiger charge is -2.40. The van der Waals surface area contributed by atoms with E-state index in [1.165, 1.54) is 16.8 Å². The predicted octanol–water partition coefficient (Wildman–Crippen LogP) is 2.05. The lowest BCUT2D eigenvalue weighted by Crippen LogP contribution is -2.56. The quantitative estimate of drug-likeness (QED) is 0.727. The molecule has 0 N–H and O–H groups in total. The van der Waals surface area contributed by atoms with Crippen LogP contribution in [-0.2, 0) is 11.3 Å². The summed E-state index contributed by atoms with van der Waals surface area (Å²) in [7, 11) is 3.18. The number of carbonyl (C=O) groups is 3. The van der Waals surface area contributed by atoms with Crippen LogP contribution in [0.2, 0.25) is 0 Å². The second kappa shape index (κ2) is 7.27. The maximum Gasteiger partial charge on any atom is 0.327 e. The lowest BCUT2D eigenvalue weighted by atomic mass is 9.86. The van der Waals surface area contributed by atoms with Crippen LogP contribution < -0.4 is 0 Å². The Morgan fingerprint density at radius 3 is 2.20 bits per heavy atom. The van der Waals surface area contributed by atoms with Gasteiger partial charge in [0, 0.05) is 38.4 Å². The smallest absolute Gasteiger partial charge is 0.327 e. The summed E-state index contributed by atoms with van der Waals surface area (Å²) in [6, 6.07) is 9.36. The van der Waals surface area contributed by atoms with Gasteiger partial charge in [-0.3, -0.25) is 19.2 Å². The molecule has 2 saturated heterocycles. The first-order valence-electron chi connectivity index (χ1n) is 10.2. The molecule has 1 aromatic carbocycles. The lowest BCUT2D eigenvalue weighted by molar-refractivity contribution is -0.134. The summed E-state index contributed by atoms with van der Waals surface area (Å²) in [5, 5.41) is 4.48. The van der Waals surface area contributed by atoms with Crippen LogP contribution in [0.1, 0.15) is 40.2 Å². The van der Waals surface area contributed by atoms with Crippen molar-refractivity contribution in [2.45, 2.75) is 38.8 Å². The van der Waals surface area contributed by atoms with Gasteiger partial charge in [0.05, 0.1) is 12.2 Å². The van der Waals surface area contributed by atoms with Gasteiger partial charge in [0.25, 0.3) is 11.8 Å². The number of hydrogen-bond acceptors (Lipinski definition) is 4. The zero-order valence-electron chi connectivity index (χ0n) is 17.9. The molecule has 0 aliphatic carbocycles. The molecule has 1 aromatic heterocycles. The maximum absolute atomic E-state index is 13.0. The molecule has 4 amide bonds. The molecule has 0 atom stereocenters. The Bertz CT molecular complexity index is 1000. The summed E-state index contributed by atoms with van der Waals surface area (Å²) in [5.74, 6) is -0.217. The van der Waals surface area contributed by atoms with Crippen LogP contribution >= 0.6 is 0 Å². The summed E-state index contributed by atoms with van der Waals surface area (Å²) in [6.07, 6.45) is 0.917. The molecule has 0 saturated carbocycles. The zero-order chi connectivity index (χ0) is 21.6. The van der Waals surface area contributed by atoms with E-state index in [1.54, 1.807) is 11.9 Å². The average molecular weight is 409 g/mol. The van der Waals surface area contributed by atoms with Crippen LogP contribution in [-0.4, -0.2) is 75.0 Å². The molecular weight excluding hydrogens is 382 g/mol. The van der Waals surface area contributed by atoms with Crippen LogP contribution in [0.25, 0.3) is 0 Å². The molecule has 3 heterocycles. The van der Waals surface area contributed by atoms with E-state index in [1.807, 2.05) is 48.9 Å². The number of likely N-dealkylation sites (tertiary alicyclic amines) is 1. The monoisotopic (exact) mass is 409 g/mol. The first-order chi connectivity index (χ1) is 14.2. The van der Waals surface area contributed by atoms with Gasteiger partial charge < -0.3 is 9.80 Å². The molecule has 0 radical (unpaired) electrons. The predicted molar refractivity (Wildman–Crippen MR) is 111 cm³/mol. The fraction of sp³-hybridized carbons (Fsp3) is 0.455. The van der Waals surface area contributed by atoms with Crippen molar-refractivity contribution in [3.05, 3.63) is 52.8 Å². The minimum atomic E-state index is -0.813. The van der Waals surface area contributed by atoms with E-state index in [-0.39, 0.29) is 17.8 Å². The third-order valence-corrected chi connectivity index (χ3v) is 6.43. The largest absolute Gasteiger partial charge is 0.338 e. The van der Waals surface area contributed by atoms with Crippen molar-refractivity contribution in [2.24, 2.45) is 0 Å². The highest BCUT2D eigenvalue weighted by molar-refractivity contribution is 6.06. The van der Waals surface area contributed by atoms with Gasteiger partial charge in [0.2, 0.25) is 0 Å². The number of benzene rings is 1. The van der Waals surface area contributed by atoms with Gasteiger partial charge in [-0.15, -0.1) is 0 Å². The Balaban J connectivity index is 1.42. The number of piperidine rings is 1. The third-order valence-electron chi connectivity index (χ3n) is 6.43. The van der Waals surface area contributed by atoms with Crippen LogP contribution in [0.4, 0.5) is 4.79 Å². The van der Waals surface area contributed by atoms with Crippen molar-refractivity contribution in [2.75, 3.05) is 27.2 Å². The Morgan fingerprint density at radius 2 is 1.70 bits per heavy atom. The molecule has 2 aliphatic rings. The van der Waals surface area contributed by atoms with Gasteiger partial charge in [-0.2, -0.15) is 5.10 Å². The number of aryl methyl sites for hydroxylation is 2. The topological polar surface area (TPSA) is 78.8 Å². The number of urea groups is 1. The molecule has 8 heteroatoms. The Kier molecular flexibility index (Phi) is 4.88.